The first-order valence-electron chi connectivity index (χ1n) is 10.2. The Hall–Kier alpha value is -2.05. The van der Waals surface area contributed by atoms with E-state index in [9.17, 15) is 4.79 Å². The molecule has 3 rings (SSSR count). The summed E-state index contributed by atoms with van der Waals surface area (Å²) in [5, 5.41) is 0. The molecule has 0 amide bonds. The van der Waals surface area contributed by atoms with Gasteiger partial charge in [-0.3, -0.25) is 9.69 Å². The minimum Gasteiger partial charge on any atom is -0.379 e. The SMILES string of the molecule is CCOCC1OC(C)(C)OC1CN(CC(=O)c1ccccc1)Cc1ccccc1. The van der Waals surface area contributed by atoms with E-state index < -0.39 is 5.79 Å². The topological polar surface area (TPSA) is 48.0 Å². The molecule has 1 aliphatic rings. The zero-order valence-electron chi connectivity index (χ0n) is 17.5. The van der Waals surface area contributed by atoms with Gasteiger partial charge >= 0.3 is 0 Å². The van der Waals surface area contributed by atoms with E-state index in [0.29, 0.717) is 32.8 Å². The summed E-state index contributed by atoms with van der Waals surface area (Å²) in [5.41, 5.74) is 1.88. The second kappa shape index (κ2) is 10.1. The number of carbonyl (C=O) groups is 1. The Morgan fingerprint density at radius 3 is 2.28 bits per heavy atom. The number of ketones is 1. The summed E-state index contributed by atoms with van der Waals surface area (Å²) in [6, 6.07) is 19.6. The first-order valence-corrected chi connectivity index (χ1v) is 10.2. The van der Waals surface area contributed by atoms with Gasteiger partial charge < -0.3 is 14.2 Å². The van der Waals surface area contributed by atoms with Crippen LogP contribution >= 0.6 is 0 Å². The number of nitrogens with zero attached hydrogens (tertiary/aromatic N) is 1. The fraction of sp³-hybridized carbons (Fsp3) is 0.458. The van der Waals surface area contributed by atoms with Gasteiger partial charge in [0, 0.05) is 25.3 Å². The highest BCUT2D eigenvalue weighted by molar-refractivity contribution is 5.97. The normalized spacial score (nSPS) is 20.8. The van der Waals surface area contributed by atoms with E-state index in [0.717, 1.165) is 11.1 Å². The van der Waals surface area contributed by atoms with Gasteiger partial charge in [-0.15, -0.1) is 0 Å². The average molecular weight is 398 g/mol. The van der Waals surface area contributed by atoms with Crippen molar-refractivity contribution >= 4 is 5.78 Å². The lowest BCUT2D eigenvalue weighted by Gasteiger charge is -2.27. The number of hydrogen-bond acceptors (Lipinski definition) is 5. The van der Waals surface area contributed by atoms with Crippen molar-refractivity contribution in [3.05, 3.63) is 71.8 Å². The number of rotatable bonds is 10. The molecular weight excluding hydrogens is 366 g/mol. The Bertz CT molecular complexity index is 763. The number of hydrogen-bond donors (Lipinski definition) is 0. The molecule has 2 aromatic rings. The fourth-order valence-corrected chi connectivity index (χ4v) is 3.64. The molecule has 2 aromatic carbocycles. The summed E-state index contributed by atoms with van der Waals surface area (Å²) in [4.78, 5) is 15.0. The van der Waals surface area contributed by atoms with Crippen LogP contribution in [-0.2, 0) is 20.8 Å². The van der Waals surface area contributed by atoms with Crippen molar-refractivity contribution in [2.45, 2.75) is 45.3 Å². The van der Waals surface area contributed by atoms with Gasteiger partial charge in [0.25, 0.3) is 0 Å². The largest absolute Gasteiger partial charge is 0.379 e. The van der Waals surface area contributed by atoms with Crippen molar-refractivity contribution in [2.75, 3.05) is 26.3 Å². The van der Waals surface area contributed by atoms with Gasteiger partial charge in [0.15, 0.2) is 11.6 Å². The van der Waals surface area contributed by atoms with E-state index in [1.54, 1.807) is 0 Å². The number of ether oxygens (including phenoxy) is 3. The van der Waals surface area contributed by atoms with Crippen LogP contribution in [0, 0.1) is 0 Å². The molecule has 0 radical (unpaired) electrons. The number of benzene rings is 2. The van der Waals surface area contributed by atoms with Crippen LogP contribution < -0.4 is 0 Å². The van der Waals surface area contributed by atoms with Crippen molar-refractivity contribution in [1.82, 2.24) is 4.90 Å². The van der Waals surface area contributed by atoms with E-state index >= 15 is 0 Å². The molecule has 0 spiro atoms. The van der Waals surface area contributed by atoms with Crippen LogP contribution in [-0.4, -0.2) is 55.0 Å². The van der Waals surface area contributed by atoms with Gasteiger partial charge in [0.05, 0.1) is 13.2 Å². The zero-order valence-corrected chi connectivity index (χ0v) is 17.5. The van der Waals surface area contributed by atoms with E-state index in [2.05, 4.69) is 17.0 Å². The predicted molar refractivity (Wildman–Crippen MR) is 113 cm³/mol. The highest BCUT2D eigenvalue weighted by atomic mass is 16.8. The molecule has 0 N–H and O–H groups in total. The number of Topliss-reactive ketones (excluding diaryl/α,β-unsaturated/α-hetero) is 1. The number of carbonyl (C=O) groups excluding carboxylic acids is 1. The van der Waals surface area contributed by atoms with Gasteiger partial charge in [-0.25, -0.2) is 0 Å². The quantitative estimate of drug-likeness (QED) is 0.569. The summed E-state index contributed by atoms with van der Waals surface area (Å²) in [7, 11) is 0. The maximum absolute atomic E-state index is 12.9. The molecule has 5 heteroatoms. The third-order valence-electron chi connectivity index (χ3n) is 4.92. The molecule has 1 aliphatic heterocycles. The molecule has 0 aromatic heterocycles. The average Bonchev–Trinajstić information content (AvgIpc) is 3.00. The van der Waals surface area contributed by atoms with E-state index in [1.807, 2.05) is 69.3 Å². The molecule has 0 bridgehead atoms. The lowest BCUT2D eigenvalue weighted by molar-refractivity contribution is -0.151. The summed E-state index contributed by atoms with van der Waals surface area (Å²) in [6.45, 7) is 8.50. The maximum Gasteiger partial charge on any atom is 0.176 e. The minimum absolute atomic E-state index is 0.0982. The maximum atomic E-state index is 12.9. The second-order valence-corrected chi connectivity index (χ2v) is 7.82. The second-order valence-electron chi connectivity index (χ2n) is 7.82. The molecule has 156 valence electrons. The smallest absolute Gasteiger partial charge is 0.176 e. The molecule has 5 nitrogen and oxygen atoms in total. The Kier molecular flexibility index (Phi) is 7.56. The summed E-state index contributed by atoms with van der Waals surface area (Å²) in [5.74, 6) is -0.560. The van der Waals surface area contributed by atoms with Crippen LogP contribution in [0.3, 0.4) is 0 Å². The van der Waals surface area contributed by atoms with Gasteiger partial charge in [0.2, 0.25) is 0 Å². The van der Waals surface area contributed by atoms with Crippen molar-refractivity contribution in [3.8, 4) is 0 Å². The fourth-order valence-electron chi connectivity index (χ4n) is 3.64. The summed E-state index contributed by atoms with van der Waals surface area (Å²) < 4.78 is 17.8. The Morgan fingerprint density at radius 2 is 1.62 bits per heavy atom. The van der Waals surface area contributed by atoms with Gasteiger partial charge in [0.1, 0.15) is 12.2 Å². The van der Waals surface area contributed by atoms with Crippen LogP contribution in [0.2, 0.25) is 0 Å². The lowest BCUT2D eigenvalue weighted by Crippen LogP contribution is -2.41. The molecule has 29 heavy (non-hydrogen) atoms. The van der Waals surface area contributed by atoms with Gasteiger partial charge in [-0.05, 0) is 26.3 Å². The van der Waals surface area contributed by atoms with Crippen molar-refractivity contribution in [1.29, 1.82) is 0 Å². The molecule has 0 saturated carbocycles. The molecule has 1 saturated heterocycles. The highest BCUT2D eigenvalue weighted by Crippen LogP contribution is 2.29. The minimum atomic E-state index is -0.658. The first-order chi connectivity index (χ1) is 14.0. The molecule has 2 atom stereocenters. The predicted octanol–water partition coefficient (Wildman–Crippen LogP) is 3.93. The van der Waals surface area contributed by atoms with Crippen LogP contribution in [0.25, 0.3) is 0 Å². The Morgan fingerprint density at radius 1 is 1.00 bits per heavy atom. The van der Waals surface area contributed by atoms with Crippen LogP contribution in [0.15, 0.2) is 60.7 Å². The van der Waals surface area contributed by atoms with Crippen LogP contribution in [0.4, 0.5) is 0 Å². The van der Waals surface area contributed by atoms with Crippen LogP contribution in [0.1, 0.15) is 36.7 Å². The van der Waals surface area contributed by atoms with Crippen molar-refractivity contribution in [3.63, 3.8) is 0 Å². The molecule has 1 heterocycles. The Balaban J connectivity index is 1.74. The lowest BCUT2D eigenvalue weighted by atomic mass is 10.1. The molecule has 2 unspecified atom stereocenters. The summed E-state index contributed by atoms with van der Waals surface area (Å²) >= 11 is 0. The molecular formula is C24H31NO4. The van der Waals surface area contributed by atoms with Crippen LogP contribution in [0.5, 0.6) is 0 Å². The molecule has 1 fully saturated rings. The van der Waals surface area contributed by atoms with Crippen molar-refractivity contribution < 1.29 is 19.0 Å². The first kappa shape index (κ1) is 21.7. The van der Waals surface area contributed by atoms with Gasteiger partial charge in [-0.1, -0.05) is 60.7 Å². The van der Waals surface area contributed by atoms with E-state index in [-0.39, 0.29) is 18.0 Å². The third kappa shape index (κ3) is 6.47. The summed E-state index contributed by atoms with van der Waals surface area (Å²) in [6.07, 6.45) is -0.320. The molecule has 0 aliphatic carbocycles. The third-order valence-corrected chi connectivity index (χ3v) is 4.92. The van der Waals surface area contributed by atoms with Gasteiger partial charge in [-0.2, -0.15) is 0 Å². The highest BCUT2D eigenvalue weighted by Gasteiger charge is 2.42. The van der Waals surface area contributed by atoms with Crippen molar-refractivity contribution in [2.24, 2.45) is 0 Å². The standard InChI is InChI=1S/C24H31NO4/c1-4-27-18-23-22(28-24(2,3)29-23)17-25(15-19-11-7-5-8-12-19)16-21(26)20-13-9-6-10-14-20/h5-14,22-23H,4,15-18H2,1-3H3. The Labute approximate surface area is 173 Å². The zero-order chi connectivity index (χ0) is 20.7. The van der Waals surface area contributed by atoms with E-state index in [4.69, 9.17) is 14.2 Å². The van der Waals surface area contributed by atoms with E-state index in [1.165, 1.54) is 0 Å². The monoisotopic (exact) mass is 397 g/mol.